The smallest absolute Gasteiger partial charge is 0.227 e. The fourth-order valence-electron chi connectivity index (χ4n) is 3.23. The van der Waals surface area contributed by atoms with E-state index in [1.165, 1.54) is 12.8 Å². The molecule has 7 heteroatoms. The zero-order chi connectivity index (χ0) is 19.7. The van der Waals surface area contributed by atoms with Gasteiger partial charge in [0.1, 0.15) is 5.76 Å². The molecule has 2 rings (SSSR count). The summed E-state index contributed by atoms with van der Waals surface area (Å²) in [5.74, 6) is 1.73. The highest BCUT2D eigenvalue weighted by atomic mass is 16.3. The molecule has 0 saturated carbocycles. The van der Waals surface area contributed by atoms with E-state index >= 15 is 0 Å². The normalized spacial score (nSPS) is 17.0. The largest absolute Gasteiger partial charge is 0.468 e. The summed E-state index contributed by atoms with van der Waals surface area (Å²) < 4.78 is 5.68. The van der Waals surface area contributed by atoms with Crippen LogP contribution in [0, 0.1) is 5.41 Å². The van der Waals surface area contributed by atoms with Crippen LogP contribution < -0.4 is 16.0 Å². The number of nitrogens with zero attached hydrogens (tertiary/aromatic N) is 2. The van der Waals surface area contributed by atoms with Gasteiger partial charge in [-0.05, 0) is 65.8 Å². The Kier molecular flexibility index (Phi) is 8.16. The molecule has 0 radical (unpaired) electrons. The van der Waals surface area contributed by atoms with Crippen LogP contribution in [0.25, 0.3) is 0 Å². The van der Waals surface area contributed by atoms with Crippen LogP contribution in [-0.2, 0) is 4.79 Å². The van der Waals surface area contributed by atoms with Crippen LogP contribution in [0.15, 0.2) is 27.8 Å². The van der Waals surface area contributed by atoms with E-state index in [1.807, 2.05) is 39.8 Å². The summed E-state index contributed by atoms with van der Waals surface area (Å²) in [4.78, 5) is 19.3. The van der Waals surface area contributed by atoms with Crippen LogP contribution in [0.2, 0.25) is 0 Å². The molecule has 2 heterocycles. The van der Waals surface area contributed by atoms with Gasteiger partial charge in [0.15, 0.2) is 5.96 Å². The number of carbonyl (C=O) groups excluding carboxylic acids is 1. The van der Waals surface area contributed by atoms with Crippen molar-refractivity contribution in [1.29, 1.82) is 0 Å². The first-order valence-electron chi connectivity index (χ1n) is 10.1. The average Bonchev–Trinajstić information content (AvgIpc) is 3.34. The molecular formula is C20H35N5O2. The number of guanidine groups is 1. The molecule has 1 unspecified atom stereocenters. The summed E-state index contributed by atoms with van der Waals surface area (Å²) >= 11 is 0. The number of rotatable bonds is 9. The van der Waals surface area contributed by atoms with Crippen molar-refractivity contribution in [3.8, 4) is 0 Å². The fraction of sp³-hybridized carbons (Fsp3) is 0.700. The van der Waals surface area contributed by atoms with E-state index in [0.717, 1.165) is 31.4 Å². The van der Waals surface area contributed by atoms with Crippen LogP contribution in [0.4, 0.5) is 0 Å². The van der Waals surface area contributed by atoms with Crippen molar-refractivity contribution >= 4 is 11.9 Å². The van der Waals surface area contributed by atoms with Crippen molar-refractivity contribution in [1.82, 2.24) is 20.9 Å². The van der Waals surface area contributed by atoms with E-state index in [2.05, 4.69) is 25.8 Å². The van der Waals surface area contributed by atoms with Crippen LogP contribution >= 0.6 is 0 Å². The van der Waals surface area contributed by atoms with Crippen LogP contribution in [0.3, 0.4) is 0 Å². The van der Waals surface area contributed by atoms with Gasteiger partial charge in [-0.3, -0.25) is 14.7 Å². The number of aliphatic imine (C=N–C) groups is 1. The van der Waals surface area contributed by atoms with Gasteiger partial charge >= 0.3 is 0 Å². The predicted molar refractivity (Wildman–Crippen MR) is 109 cm³/mol. The highest BCUT2D eigenvalue weighted by Crippen LogP contribution is 2.24. The van der Waals surface area contributed by atoms with Crippen molar-refractivity contribution in [2.45, 2.75) is 46.6 Å². The first kappa shape index (κ1) is 21.3. The Labute approximate surface area is 163 Å². The molecule has 1 aliphatic rings. The Hall–Kier alpha value is -2.02. The Balaban J connectivity index is 2.01. The van der Waals surface area contributed by atoms with Crippen molar-refractivity contribution in [3.05, 3.63) is 24.2 Å². The lowest BCUT2D eigenvalue weighted by Gasteiger charge is -2.27. The minimum Gasteiger partial charge on any atom is -0.468 e. The Morgan fingerprint density at radius 1 is 1.22 bits per heavy atom. The molecule has 1 aromatic heterocycles. The van der Waals surface area contributed by atoms with Gasteiger partial charge in [-0.1, -0.05) is 0 Å². The van der Waals surface area contributed by atoms with Gasteiger partial charge in [-0.25, -0.2) is 0 Å². The number of hydrogen-bond acceptors (Lipinski definition) is 4. The summed E-state index contributed by atoms with van der Waals surface area (Å²) in [5.41, 5.74) is -0.548. The summed E-state index contributed by atoms with van der Waals surface area (Å²) in [5, 5.41) is 9.59. The molecule has 0 aromatic carbocycles. The quantitative estimate of drug-likeness (QED) is 0.454. The van der Waals surface area contributed by atoms with Crippen molar-refractivity contribution < 1.29 is 9.21 Å². The maximum absolute atomic E-state index is 12.2. The average molecular weight is 378 g/mol. The topological polar surface area (TPSA) is 81.9 Å². The predicted octanol–water partition coefficient (Wildman–Crippen LogP) is 2.13. The molecule has 1 aromatic rings. The van der Waals surface area contributed by atoms with Crippen molar-refractivity contribution in [2.24, 2.45) is 10.4 Å². The first-order valence-corrected chi connectivity index (χ1v) is 10.1. The molecule has 1 fully saturated rings. The van der Waals surface area contributed by atoms with E-state index in [4.69, 9.17) is 4.42 Å². The molecule has 3 N–H and O–H groups in total. The second-order valence-electron chi connectivity index (χ2n) is 7.59. The summed E-state index contributed by atoms with van der Waals surface area (Å²) in [6.45, 7) is 12.5. The third kappa shape index (κ3) is 6.27. The number of amides is 1. The summed E-state index contributed by atoms with van der Waals surface area (Å²) in [7, 11) is 0. The second kappa shape index (κ2) is 10.3. The lowest BCUT2D eigenvalue weighted by molar-refractivity contribution is -0.128. The monoisotopic (exact) mass is 377 g/mol. The fourth-order valence-corrected chi connectivity index (χ4v) is 3.23. The summed E-state index contributed by atoms with van der Waals surface area (Å²) in [6.07, 6.45) is 4.19. The Morgan fingerprint density at radius 2 is 1.93 bits per heavy atom. The van der Waals surface area contributed by atoms with E-state index in [-0.39, 0.29) is 11.9 Å². The van der Waals surface area contributed by atoms with Crippen LogP contribution in [0.5, 0.6) is 0 Å². The maximum Gasteiger partial charge on any atom is 0.227 e. The zero-order valence-electron chi connectivity index (χ0n) is 17.2. The SMILES string of the molecule is CCNC(=O)C(C)(C)CN=C(NCC)NCC(c1ccco1)N1CCCC1. The third-order valence-corrected chi connectivity index (χ3v) is 4.84. The maximum atomic E-state index is 12.2. The standard InChI is InChI=1S/C20H35N5O2/c1-5-21-18(26)20(3,4)15-24-19(22-6-2)23-14-16(17-10-9-13-27-17)25-11-7-8-12-25/h9-10,13,16H,5-8,11-12,14-15H2,1-4H3,(H,21,26)(H2,22,23,24). The summed E-state index contributed by atoms with van der Waals surface area (Å²) in [6, 6.07) is 4.15. The Bertz CT molecular complexity index is 592. The number of hydrogen-bond donors (Lipinski definition) is 3. The third-order valence-electron chi connectivity index (χ3n) is 4.84. The molecule has 1 aliphatic heterocycles. The van der Waals surface area contributed by atoms with E-state index < -0.39 is 5.41 Å². The molecule has 0 aliphatic carbocycles. The molecule has 27 heavy (non-hydrogen) atoms. The van der Waals surface area contributed by atoms with Gasteiger partial charge in [0.05, 0.1) is 24.3 Å². The zero-order valence-corrected chi connectivity index (χ0v) is 17.2. The molecule has 0 spiro atoms. The number of likely N-dealkylation sites (tertiary alicyclic amines) is 1. The minimum atomic E-state index is -0.548. The molecule has 0 bridgehead atoms. The Morgan fingerprint density at radius 3 is 2.52 bits per heavy atom. The molecule has 1 atom stereocenters. The van der Waals surface area contributed by atoms with E-state index in [0.29, 0.717) is 19.6 Å². The van der Waals surface area contributed by atoms with Crippen molar-refractivity contribution in [2.75, 3.05) is 39.3 Å². The lowest BCUT2D eigenvalue weighted by Crippen LogP contribution is -2.44. The van der Waals surface area contributed by atoms with Gasteiger partial charge in [0, 0.05) is 19.6 Å². The van der Waals surface area contributed by atoms with Gasteiger partial charge in [-0.2, -0.15) is 0 Å². The number of nitrogens with one attached hydrogen (secondary N) is 3. The van der Waals surface area contributed by atoms with Crippen LogP contribution in [0.1, 0.15) is 52.3 Å². The van der Waals surface area contributed by atoms with Gasteiger partial charge in [0.2, 0.25) is 5.91 Å². The van der Waals surface area contributed by atoms with Crippen molar-refractivity contribution in [3.63, 3.8) is 0 Å². The molecule has 7 nitrogen and oxygen atoms in total. The molecule has 152 valence electrons. The van der Waals surface area contributed by atoms with Gasteiger partial charge in [0.25, 0.3) is 0 Å². The molecule has 1 saturated heterocycles. The highest BCUT2D eigenvalue weighted by Gasteiger charge is 2.28. The molecular weight excluding hydrogens is 342 g/mol. The lowest BCUT2D eigenvalue weighted by atomic mass is 9.92. The second-order valence-corrected chi connectivity index (χ2v) is 7.59. The number of furan rings is 1. The van der Waals surface area contributed by atoms with Crippen LogP contribution in [-0.4, -0.2) is 56.0 Å². The van der Waals surface area contributed by atoms with E-state index in [9.17, 15) is 4.79 Å². The van der Waals surface area contributed by atoms with E-state index in [1.54, 1.807) is 6.26 Å². The first-order chi connectivity index (χ1) is 13.0. The highest BCUT2D eigenvalue weighted by molar-refractivity contribution is 5.83. The minimum absolute atomic E-state index is 0.0233. The molecule has 1 amide bonds. The van der Waals surface area contributed by atoms with Gasteiger partial charge < -0.3 is 20.4 Å². The van der Waals surface area contributed by atoms with Gasteiger partial charge in [-0.15, -0.1) is 0 Å². The number of carbonyl (C=O) groups is 1.